The SMILES string of the molecule is O=C(O)CCCCNC[C@H](OCc1ccc(CCC2CCCC2)cc1)c1ccccc1. The molecule has 0 amide bonds. The zero-order valence-electron chi connectivity index (χ0n) is 18.6. The first-order chi connectivity index (χ1) is 15.2. The summed E-state index contributed by atoms with van der Waals surface area (Å²) in [5.41, 5.74) is 3.79. The second-order valence-corrected chi connectivity index (χ2v) is 8.77. The van der Waals surface area contributed by atoms with Crippen molar-refractivity contribution in [2.45, 2.75) is 70.5 Å². The lowest BCUT2D eigenvalue weighted by molar-refractivity contribution is -0.137. The zero-order valence-corrected chi connectivity index (χ0v) is 18.6. The van der Waals surface area contributed by atoms with Gasteiger partial charge in [0.1, 0.15) is 0 Å². The molecule has 3 rings (SSSR count). The van der Waals surface area contributed by atoms with Gasteiger partial charge >= 0.3 is 5.97 Å². The van der Waals surface area contributed by atoms with Gasteiger partial charge in [-0.3, -0.25) is 4.79 Å². The molecule has 0 heterocycles. The van der Waals surface area contributed by atoms with Gasteiger partial charge in [0.15, 0.2) is 0 Å². The molecular formula is C27H37NO3. The molecule has 0 aromatic heterocycles. The number of rotatable bonds is 14. The Labute approximate surface area is 187 Å². The van der Waals surface area contributed by atoms with Crippen LogP contribution in [0.25, 0.3) is 0 Å². The smallest absolute Gasteiger partial charge is 0.303 e. The summed E-state index contributed by atoms with van der Waals surface area (Å²) in [6.45, 7) is 2.11. The van der Waals surface area contributed by atoms with Crippen molar-refractivity contribution in [2.75, 3.05) is 13.1 Å². The molecule has 0 radical (unpaired) electrons. The molecule has 4 heteroatoms. The Balaban J connectivity index is 1.44. The summed E-state index contributed by atoms with van der Waals surface area (Å²) in [7, 11) is 0. The molecule has 1 fully saturated rings. The molecule has 2 N–H and O–H groups in total. The predicted molar refractivity (Wildman–Crippen MR) is 125 cm³/mol. The molecule has 2 aromatic carbocycles. The summed E-state index contributed by atoms with van der Waals surface area (Å²) in [6.07, 6.45) is 9.94. The van der Waals surface area contributed by atoms with Crippen molar-refractivity contribution >= 4 is 5.97 Å². The van der Waals surface area contributed by atoms with Gasteiger partial charge in [-0.25, -0.2) is 0 Å². The van der Waals surface area contributed by atoms with Crippen LogP contribution >= 0.6 is 0 Å². The monoisotopic (exact) mass is 423 g/mol. The minimum atomic E-state index is -0.727. The molecule has 0 spiro atoms. The number of carboxylic acids is 1. The summed E-state index contributed by atoms with van der Waals surface area (Å²) >= 11 is 0. The van der Waals surface area contributed by atoms with Crippen molar-refractivity contribution in [1.82, 2.24) is 5.32 Å². The highest BCUT2D eigenvalue weighted by molar-refractivity contribution is 5.66. The Hall–Kier alpha value is -2.17. The normalized spacial score (nSPS) is 15.2. The van der Waals surface area contributed by atoms with Crippen molar-refractivity contribution in [3.8, 4) is 0 Å². The van der Waals surface area contributed by atoms with E-state index in [4.69, 9.17) is 9.84 Å². The van der Waals surface area contributed by atoms with Crippen LogP contribution in [0.5, 0.6) is 0 Å². The van der Waals surface area contributed by atoms with Crippen LogP contribution in [0.1, 0.15) is 74.2 Å². The molecule has 1 atom stereocenters. The first-order valence-corrected chi connectivity index (χ1v) is 11.9. The largest absolute Gasteiger partial charge is 0.481 e. The lowest BCUT2D eigenvalue weighted by Crippen LogP contribution is -2.24. The predicted octanol–water partition coefficient (Wildman–Crippen LogP) is 5.91. The first kappa shape index (κ1) is 23.5. The van der Waals surface area contributed by atoms with Gasteiger partial charge in [0.25, 0.3) is 0 Å². The first-order valence-electron chi connectivity index (χ1n) is 11.9. The van der Waals surface area contributed by atoms with E-state index in [0.29, 0.717) is 13.0 Å². The van der Waals surface area contributed by atoms with E-state index in [9.17, 15) is 4.79 Å². The Kier molecular flexibility index (Phi) is 10.1. The molecule has 31 heavy (non-hydrogen) atoms. The summed E-state index contributed by atoms with van der Waals surface area (Å²) in [5.74, 6) is 0.210. The van der Waals surface area contributed by atoms with Gasteiger partial charge in [-0.15, -0.1) is 0 Å². The zero-order chi connectivity index (χ0) is 21.7. The van der Waals surface area contributed by atoms with E-state index in [2.05, 4.69) is 41.7 Å². The number of aryl methyl sites for hydroxylation is 1. The fourth-order valence-corrected chi connectivity index (χ4v) is 4.37. The highest BCUT2D eigenvalue weighted by atomic mass is 16.5. The average Bonchev–Trinajstić information content (AvgIpc) is 3.31. The quantitative estimate of drug-likeness (QED) is 0.371. The summed E-state index contributed by atoms with van der Waals surface area (Å²) < 4.78 is 6.28. The van der Waals surface area contributed by atoms with E-state index >= 15 is 0 Å². The molecule has 0 bridgehead atoms. The molecule has 2 aromatic rings. The number of unbranched alkanes of at least 4 members (excludes halogenated alkanes) is 1. The van der Waals surface area contributed by atoms with Gasteiger partial charge in [-0.05, 0) is 54.8 Å². The van der Waals surface area contributed by atoms with Crippen LogP contribution < -0.4 is 5.32 Å². The number of hydrogen-bond acceptors (Lipinski definition) is 3. The molecule has 4 nitrogen and oxygen atoms in total. The van der Waals surface area contributed by atoms with E-state index in [0.717, 1.165) is 31.0 Å². The highest BCUT2D eigenvalue weighted by Gasteiger charge is 2.15. The number of nitrogens with one attached hydrogen (secondary N) is 1. The van der Waals surface area contributed by atoms with Gasteiger partial charge in [0.2, 0.25) is 0 Å². The highest BCUT2D eigenvalue weighted by Crippen LogP contribution is 2.28. The van der Waals surface area contributed by atoms with Crippen LogP contribution in [0, 0.1) is 5.92 Å². The summed E-state index contributed by atoms with van der Waals surface area (Å²) in [5, 5.41) is 12.2. The number of carboxylic acid groups (broad SMARTS) is 1. The third-order valence-electron chi connectivity index (χ3n) is 6.29. The van der Waals surface area contributed by atoms with Crippen LogP contribution in [0.15, 0.2) is 54.6 Å². The van der Waals surface area contributed by atoms with Gasteiger partial charge in [-0.1, -0.05) is 80.3 Å². The number of hydrogen-bond donors (Lipinski definition) is 2. The molecule has 168 valence electrons. The number of benzene rings is 2. The van der Waals surface area contributed by atoms with Gasteiger partial charge in [0.05, 0.1) is 12.7 Å². The van der Waals surface area contributed by atoms with E-state index in [1.807, 2.05) is 18.2 Å². The van der Waals surface area contributed by atoms with Gasteiger partial charge < -0.3 is 15.2 Å². The molecule has 1 saturated carbocycles. The topological polar surface area (TPSA) is 58.6 Å². The van der Waals surface area contributed by atoms with Gasteiger partial charge in [0, 0.05) is 13.0 Å². The third-order valence-corrected chi connectivity index (χ3v) is 6.29. The lowest BCUT2D eigenvalue weighted by atomic mass is 9.98. The van der Waals surface area contributed by atoms with E-state index < -0.39 is 5.97 Å². The summed E-state index contributed by atoms with van der Waals surface area (Å²) in [6, 6.07) is 19.2. The van der Waals surface area contributed by atoms with E-state index in [1.54, 1.807) is 0 Å². The van der Waals surface area contributed by atoms with Crippen molar-refractivity contribution in [1.29, 1.82) is 0 Å². The summed E-state index contributed by atoms with van der Waals surface area (Å²) in [4.78, 5) is 10.6. The maximum absolute atomic E-state index is 10.6. The number of ether oxygens (including phenoxy) is 1. The van der Waals surface area contributed by atoms with Crippen LogP contribution in [-0.2, 0) is 22.6 Å². The van der Waals surface area contributed by atoms with Crippen LogP contribution in [0.3, 0.4) is 0 Å². The van der Waals surface area contributed by atoms with Crippen LogP contribution in [0.4, 0.5) is 0 Å². The Morgan fingerprint density at radius 3 is 2.42 bits per heavy atom. The number of carbonyl (C=O) groups is 1. The van der Waals surface area contributed by atoms with Crippen molar-refractivity contribution in [3.63, 3.8) is 0 Å². The fourth-order valence-electron chi connectivity index (χ4n) is 4.37. The average molecular weight is 424 g/mol. The van der Waals surface area contributed by atoms with Crippen molar-refractivity contribution in [2.24, 2.45) is 5.92 Å². The Morgan fingerprint density at radius 2 is 1.71 bits per heavy atom. The van der Waals surface area contributed by atoms with Crippen molar-refractivity contribution < 1.29 is 14.6 Å². The third kappa shape index (κ3) is 8.84. The molecule has 0 aliphatic heterocycles. The minimum absolute atomic E-state index is 0.0253. The Morgan fingerprint density at radius 1 is 1.00 bits per heavy atom. The van der Waals surface area contributed by atoms with Crippen molar-refractivity contribution in [3.05, 3.63) is 71.3 Å². The van der Waals surface area contributed by atoms with E-state index in [1.165, 1.54) is 49.7 Å². The van der Waals surface area contributed by atoms with Crippen LogP contribution in [-0.4, -0.2) is 24.2 Å². The molecule has 1 aliphatic rings. The number of aliphatic carboxylic acids is 1. The Bertz CT molecular complexity index is 754. The van der Waals surface area contributed by atoms with Gasteiger partial charge in [-0.2, -0.15) is 0 Å². The van der Waals surface area contributed by atoms with E-state index in [-0.39, 0.29) is 12.5 Å². The lowest BCUT2D eigenvalue weighted by Gasteiger charge is -2.19. The standard InChI is InChI=1S/C27H37NO3/c29-27(30)12-6-7-19-28-20-26(25-10-2-1-3-11-25)31-21-24-17-15-23(16-18-24)14-13-22-8-4-5-9-22/h1-3,10-11,15-18,22,26,28H,4-9,12-14,19-21H2,(H,29,30)/t26-/m0/s1. The molecule has 1 aliphatic carbocycles. The maximum Gasteiger partial charge on any atom is 0.303 e. The second kappa shape index (κ2) is 13.3. The molecule has 0 unspecified atom stereocenters. The second-order valence-electron chi connectivity index (χ2n) is 8.77. The molecule has 0 saturated heterocycles. The van der Waals surface area contributed by atoms with Crippen LogP contribution in [0.2, 0.25) is 0 Å². The molecular weight excluding hydrogens is 386 g/mol. The minimum Gasteiger partial charge on any atom is -0.481 e. The maximum atomic E-state index is 10.6. The fraction of sp³-hybridized carbons (Fsp3) is 0.519.